The van der Waals surface area contributed by atoms with Crippen LogP contribution in [-0.4, -0.2) is 90.2 Å². The predicted octanol–water partition coefficient (Wildman–Crippen LogP) is 6.96. The number of hydrogen-bond donors (Lipinski definition) is 2. The minimum absolute atomic E-state index is 0.0183. The second-order valence-corrected chi connectivity index (χ2v) is 20.8. The highest BCUT2D eigenvalue weighted by Gasteiger charge is 2.45. The summed E-state index contributed by atoms with van der Waals surface area (Å²) in [5.41, 5.74) is 7.55. The van der Waals surface area contributed by atoms with Crippen molar-refractivity contribution >= 4 is 26.1 Å². The molecule has 56 heavy (non-hydrogen) atoms. The molecule has 0 unspecified atom stereocenters. The Balaban J connectivity index is 1.54. The summed E-state index contributed by atoms with van der Waals surface area (Å²) < 4.78 is 29.9. The maximum Gasteiger partial charge on any atom is 0.322 e. The number of nitrogens with one attached hydrogen (secondary N) is 1. The zero-order valence-corrected chi connectivity index (χ0v) is 35.6. The van der Waals surface area contributed by atoms with Crippen molar-refractivity contribution in [3.8, 4) is 11.5 Å². The maximum absolute atomic E-state index is 14.1. The SMILES string of the molecule is COC(=O)[C@@H](N)CCC(=O)NCCCCCC(=O)N1C[C@H](O[Si](C)(C)C(C)(C)C)C[C@H]1COC(c1ccccc1)(c1ccc(OC)cc1)c1ccc(OC)cc1. The molecule has 3 aromatic carbocycles. The molecule has 1 fully saturated rings. The Labute approximate surface area is 334 Å². The number of methoxy groups -OCH3 is 3. The van der Waals surface area contributed by atoms with Crippen LogP contribution in [0.25, 0.3) is 0 Å². The zero-order chi connectivity index (χ0) is 40.9. The fourth-order valence-electron chi connectivity index (χ4n) is 6.91. The number of ether oxygens (including phenoxy) is 4. The van der Waals surface area contributed by atoms with Gasteiger partial charge in [0.25, 0.3) is 0 Å². The molecule has 12 heteroatoms. The second-order valence-electron chi connectivity index (χ2n) is 16.1. The summed E-state index contributed by atoms with van der Waals surface area (Å²) >= 11 is 0. The Kier molecular flexibility index (Phi) is 16.1. The zero-order valence-electron chi connectivity index (χ0n) is 34.6. The average Bonchev–Trinajstić information content (AvgIpc) is 3.60. The number of amides is 2. The molecule has 0 aliphatic carbocycles. The van der Waals surface area contributed by atoms with Crippen molar-refractivity contribution < 1.29 is 37.8 Å². The van der Waals surface area contributed by atoms with E-state index in [9.17, 15) is 14.4 Å². The number of nitrogens with zero attached hydrogens (tertiary/aromatic N) is 1. The van der Waals surface area contributed by atoms with Crippen LogP contribution in [0.2, 0.25) is 18.1 Å². The monoisotopic (exact) mass is 789 g/mol. The van der Waals surface area contributed by atoms with Gasteiger partial charge in [-0.25, -0.2) is 0 Å². The molecule has 1 saturated heterocycles. The van der Waals surface area contributed by atoms with E-state index in [0.717, 1.165) is 41.0 Å². The minimum atomic E-state index is -2.14. The van der Waals surface area contributed by atoms with Crippen LogP contribution in [0, 0.1) is 0 Å². The molecule has 3 aromatic rings. The molecule has 0 spiro atoms. The lowest BCUT2D eigenvalue weighted by Crippen LogP contribution is -2.45. The fraction of sp³-hybridized carbons (Fsp3) is 0.523. The van der Waals surface area contributed by atoms with Crippen LogP contribution in [-0.2, 0) is 33.9 Å². The molecule has 0 radical (unpaired) electrons. The third-order valence-electron chi connectivity index (χ3n) is 11.2. The van der Waals surface area contributed by atoms with Crippen molar-refractivity contribution in [2.75, 3.05) is 41.0 Å². The van der Waals surface area contributed by atoms with Crippen LogP contribution in [0.1, 0.15) is 82.4 Å². The van der Waals surface area contributed by atoms with Gasteiger partial charge in [0.1, 0.15) is 23.1 Å². The Hall–Kier alpha value is -4.23. The van der Waals surface area contributed by atoms with E-state index in [1.54, 1.807) is 14.2 Å². The van der Waals surface area contributed by atoms with E-state index in [1.807, 2.05) is 71.6 Å². The molecule has 0 saturated carbocycles. The molecule has 3 N–H and O–H groups in total. The summed E-state index contributed by atoms with van der Waals surface area (Å²) in [7, 11) is 2.44. The van der Waals surface area contributed by atoms with Crippen molar-refractivity contribution in [3.05, 3.63) is 95.6 Å². The van der Waals surface area contributed by atoms with E-state index in [0.29, 0.717) is 32.4 Å². The number of hydrogen-bond acceptors (Lipinski definition) is 9. The first-order valence-electron chi connectivity index (χ1n) is 19.7. The Morgan fingerprint density at radius 2 is 1.39 bits per heavy atom. The molecule has 11 nitrogen and oxygen atoms in total. The minimum Gasteiger partial charge on any atom is -0.497 e. The third-order valence-corrected chi connectivity index (χ3v) is 15.7. The summed E-state index contributed by atoms with van der Waals surface area (Å²) in [6, 6.07) is 25.1. The van der Waals surface area contributed by atoms with E-state index in [4.69, 9.17) is 24.4 Å². The van der Waals surface area contributed by atoms with E-state index in [-0.39, 0.29) is 48.4 Å². The lowest BCUT2D eigenvalue weighted by molar-refractivity contribution is -0.142. The van der Waals surface area contributed by atoms with Gasteiger partial charge in [0, 0.05) is 25.9 Å². The molecule has 4 rings (SSSR count). The van der Waals surface area contributed by atoms with Crippen molar-refractivity contribution in [2.45, 2.75) is 108 Å². The summed E-state index contributed by atoms with van der Waals surface area (Å²) in [5.74, 6) is 0.860. The van der Waals surface area contributed by atoms with Crippen molar-refractivity contribution in [3.63, 3.8) is 0 Å². The summed E-state index contributed by atoms with van der Waals surface area (Å²) in [5, 5.41) is 2.90. The van der Waals surface area contributed by atoms with Gasteiger partial charge in [-0.2, -0.15) is 0 Å². The molecule has 2 amide bonds. The third kappa shape index (κ3) is 11.4. The lowest BCUT2D eigenvalue weighted by atomic mass is 9.80. The average molecular weight is 790 g/mol. The molecule has 1 heterocycles. The van der Waals surface area contributed by atoms with E-state index < -0.39 is 25.9 Å². The van der Waals surface area contributed by atoms with Gasteiger partial charge in [-0.1, -0.05) is 81.8 Å². The van der Waals surface area contributed by atoms with Crippen molar-refractivity contribution in [1.82, 2.24) is 10.2 Å². The van der Waals surface area contributed by atoms with E-state index in [2.05, 4.69) is 56.1 Å². The summed E-state index contributed by atoms with van der Waals surface area (Å²) in [6.07, 6.45) is 3.50. The van der Waals surface area contributed by atoms with Crippen LogP contribution in [0.15, 0.2) is 78.9 Å². The molecule has 3 atom stereocenters. The van der Waals surface area contributed by atoms with Crippen molar-refractivity contribution in [1.29, 1.82) is 0 Å². The first-order valence-corrected chi connectivity index (χ1v) is 22.6. The van der Waals surface area contributed by atoms with Crippen molar-refractivity contribution in [2.24, 2.45) is 5.73 Å². The van der Waals surface area contributed by atoms with Gasteiger partial charge in [-0.3, -0.25) is 14.4 Å². The first-order chi connectivity index (χ1) is 26.6. The quantitative estimate of drug-likeness (QED) is 0.0539. The number of nitrogens with two attached hydrogens (primary N) is 1. The van der Waals surface area contributed by atoms with E-state index >= 15 is 0 Å². The number of unbranched alkanes of at least 4 members (excludes halogenated alkanes) is 2. The number of esters is 1. The molecule has 1 aliphatic heterocycles. The molecule has 0 aromatic heterocycles. The Morgan fingerprint density at radius 3 is 1.93 bits per heavy atom. The van der Waals surface area contributed by atoms with Crippen LogP contribution >= 0.6 is 0 Å². The van der Waals surface area contributed by atoms with Gasteiger partial charge in [0.15, 0.2) is 8.32 Å². The molecule has 306 valence electrons. The second kappa shape index (κ2) is 20.3. The fourth-order valence-corrected chi connectivity index (χ4v) is 8.26. The number of carbonyl (C=O) groups excluding carboxylic acids is 3. The standard InChI is InChI=1S/C44H63N3O8Si/c1-43(2,3)56(7,8)55-38-29-35(47(30-38)41(49)17-13-10-14-28-46-40(48)27-26-39(45)42(50)53-6)31-54-44(32-15-11-9-12-16-32,33-18-22-36(51-4)23-19-33)34-20-24-37(52-5)25-21-34/h9,11-12,15-16,18-25,35,38-39H,10,13-14,17,26-31,45H2,1-8H3,(H,46,48)/t35-,38+,39-/m0/s1. The van der Waals surface area contributed by atoms with Gasteiger partial charge in [-0.15, -0.1) is 0 Å². The number of carbonyl (C=O) groups is 3. The summed E-state index contributed by atoms with van der Waals surface area (Å²) in [4.78, 5) is 39.8. The highest BCUT2D eigenvalue weighted by molar-refractivity contribution is 6.74. The highest BCUT2D eigenvalue weighted by Crippen LogP contribution is 2.43. The molecule has 0 bridgehead atoms. The molecular weight excluding hydrogens is 727 g/mol. The van der Waals surface area contributed by atoms with Crippen LogP contribution in [0.5, 0.6) is 11.5 Å². The molecule has 1 aliphatic rings. The van der Waals surface area contributed by atoms with Gasteiger partial charge in [0.05, 0.1) is 40.1 Å². The predicted molar refractivity (Wildman–Crippen MR) is 221 cm³/mol. The first kappa shape index (κ1) is 44.5. The topological polar surface area (TPSA) is 139 Å². The van der Waals surface area contributed by atoms with Gasteiger partial charge >= 0.3 is 5.97 Å². The largest absolute Gasteiger partial charge is 0.497 e. The number of likely N-dealkylation sites (tertiary alicyclic amines) is 1. The maximum atomic E-state index is 14.1. The smallest absolute Gasteiger partial charge is 0.322 e. The van der Waals surface area contributed by atoms with E-state index in [1.165, 1.54) is 7.11 Å². The van der Waals surface area contributed by atoms with Gasteiger partial charge in [-0.05, 0) is 84.8 Å². The Morgan fingerprint density at radius 1 is 0.821 bits per heavy atom. The normalized spacial score (nSPS) is 16.6. The van der Waals surface area contributed by atoms with Crippen LogP contribution < -0.4 is 20.5 Å². The summed E-state index contributed by atoms with van der Waals surface area (Å²) in [6.45, 7) is 12.5. The number of rotatable bonds is 20. The highest BCUT2D eigenvalue weighted by atomic mass is 28.4. The lowest BCUT2D eigenvalue weighted by Gasteiger charge is -2.38. The number of benzene rings is 3. The van der Waals surface area contributed by atoms with Crippen LogP contribution in [0.3, 0.4) is 0 Å². The van der Waals surface area contributed by atoms with Crippen LogP contribution in [0.4, 0.5) is 0 Å². The van der Waals surface area contributed by atoms with Gasteiger partial charge in [0.2, 0.25) is 11.8 Å². The Bertz CT molecular complexity index is 1650. The van der Waals surface area contributed by atoms with Gasteiger partial charge < -0.3 is 39.3 Å². The molecular formula is C44H63N3O8Si.